The summed E-state index contributed by atoms with van der Waals surface area (Å²) in [7, 11) is 0. The van der Waals surface area contributed by atoms with Crippen molar-refractivity contribution in [3.63, 3.8) is 0 Å². The number of amides is 2. The molecule has 3 heterocycles. The Kier molecular flexibility index (Phi) is 8.23. The van der Waals surface area contributed by atoms with Crippen LogP contribution in [0.5, 0.6) is 5.75 Å². The number of aromatic nitrogens is 1. The van der Waals surface area contributed by atoms with Crippen LogP contribution in [0.4, 0.5) is 23.4 Å². The lowest BCUT2D eigenvalue weighted by Crippen LogP contribution is -2.55. The molecule has 4 atom stereocenters. The van der Waals surface area contributed by atoms with Crippen molar-refractivity contribution in [2.45, 2.75) is 82.4 Å². The highest BCUT2D eigenvalue weighted by Crippen LogP contribution is 2.39. The highest BCUT2D eigenvalue weighted by atomic mass is 35.5. The van der Waals surface area contributed by atoms with E-state index in [4.69, 9.17) is 27.9 Å². The van der Waals surface area contributed by atoms with Gasteiger partial charge in [0.1, 0.15) is 28.4 Å². The first-order valence-corrected chi connectivity index (χ1v) is 13.2. The summed E-state index contributed by atoms with van der Waals surface area (Å²) in [6.07, 6.45) is -0.205. The smallest absolute Gasteiger partial charge is 0.408 e. The zero-order valence-corrected chi connectivity index (χ0v) is 22.9. The second-order valence-electron chi connectivity index (χ2n) is 10.4. The largest absolute Gasteiger partial charge is 0.476 e. The van der Waals surface area contributed by atoms with Crippen molar-refractivity contribution < 1.29 is 31.9 Å². The van der Waals surface area contributed by atoms with E-state index in [-0.39, 0.29) is 45.4 Å². The summed E-state index contributed by atoms with van der Waals surface area (Å²) in [6, 6.07) is 3.58. The predicted octanol–water partition coefficient (Wildman–Crippen LogP) is 5.68. The van der Waals surface area contributed by atoms with Gasteiger partial charge in [0.05, 0.1) is 10.6 Å². The molecular formula is C26H28Cl2F4N4O3. The number of nitrogens with one attached hydrogen (secondary N) is 2. The van der Waals surface area contributed by atoms with Crippen molar-refractivity contribution in [1.29, 1.82) is 0 Å². The molecule has 2 N–H and O–H groups in total. The minimum absolute atomic E-state index is 0.0362. The lowest BCUT2D eigenvalue weighted by atomic mass is 9.96. The third-order valence-corrected chi connectivity index (χ3v) is 7.93. The van der Waals surface area contributed by atoms with Gasteiger partial charge >= 0.3 is 6.18 Å². The second-order valence-corrected chi connectivity index (χ2v) is 11.1. The molecule has 0 saturated carbocycles. The number of pyridine rings is 1. The Morgan fingerprint density at radius 2 is 1.72 bits per heavy atom. The number of rotatable bonds is 7. The van der Waals surface area contributed by atoms with Crippen LogP contribution in [-0.2, 0) is 4.79 Å². The van der Waals surface area contributed by atoms with E-state index in [1.54, 1.807) is 19.9 Å². The first-order valence-electron chi connectivity index (χ1n) is 12.4. The predicted molar refractivity (Wildman–Crippen MR) is 139 cm³/mol. The molecule has 2 amide bonds. The summed E-state index contributed by atoms with van der Waals surface area (Å²) in [6.45, 7) is 4.04. The summed E-state index contributed by atoms with van der Waals surface area (Å²) in [5.41, 5.74) is -1.28. The van der Waals surface area contributed by atoms with E-state index in [1.165, 1.54) is 18.3 Å². The summed E-state index contributed by atoms with van der Waals surface area (Å²) >= 11 is 11.9. The first-order chi connectivity index (χ1) is 18.2. The molecule has 2 bridgehead atoms. The molecule has 1 aromatic carbocycles. The van der Waals surface area contributed by atoms with Crippen LogP contribution in [0.15, 0.2) is 30.5 Å². The van der Waals surface area contributed by atoms with Crippen molar-refractivity contribution in [2.75, 3.05) is 4.90 Å². The van der Waals surface area contributed by atoms with Gasteiger partial charge in [-0.1, -0.05) is 23.2 Å². The Balaban J connectivity index is 1.37. The standard InChI is InChI=1S/C26H28Cl2F4N4O3/c1-13(26(30,31)32)34-23(37)14-4-9-20(33-12-14)36-16-5-6-17(36)11-15(10-16)35-24(38)25(2,3)39-19-8-7-18(29)21(27)22(19)28/h4,7-9,12-13,15-17H,5-6,10-11H2,1-3H3,(H,34,37)(H,35,38)/t13-,15?,16-,17+/m0/s1. The molecule has 0 aliphatic carbocycles. The molecule has 0 spiro atoms. The van der Waals surface area contributed by atoms with Crippen molar-refractivity contribution in [2.24, 2.45) is 0 Å². The molecule has 4 rings (SSSR count). The van der Waals surface area contributed by atoms with E-state index < -0.39 is 29.5 Å². The van der Waals surface area contributed by atoms with Gasteiger partial charge in [-0.15, -0.1) is 0 Å². The first kappa shape index (κ1) is 29.2. The van der Waals surface area contributed by atoms with Crippen molar-refractivity contribution in [3.8, 4) is 5.75 Å². The molecule has 2 fully saturated rings. The molecule has 2 aromatic rings. The Labute approximate surface area is 233 Å². The van der Waals surface area contributed by atoms with Crippen LogP contribution >= 0.6 is 23.2 Å². The number of fused-ring (bicyclic) bond motifs is 2. The van der Waals surface area contributed by atoms with Gasteiger partial charge in [0.15, 0.2) is 5.60 Å². The lowest BCUT2D eigenvalue weighted by Gasteiger charge is -2.40. The van der Waals surface area contributed by atoms with Gasteiger partial charge < -0.3 is 20.3 Å². The number of ether oxygens (including phenoxy) is 1. The fourth-order valence-corrected chi connectivity index (χ4v) is 5.32. The Bertz CT molecular complexity index is 1230. The van der Waals surface area contributed by atoms with Gasteiger partial charge in [-0.3, -0.25) is 9.59 Å². The number of piperidine rings is 1. The van der Waals surface area contributed by atoms with Gasteiger partial charge in [-0.25, -0.2) is 9.37 Å². The molecule has 1 aromatic heterocycles. The van der Waals surface area contributed by atoms with Crippen molar-refractivity contribution in [3.05, 3.63) is 51.9 Å². The fraction of sp³-hybridized carbons (Fsp3) is 0.500. The summed E-state index contributed by atoms with van der Waals surface area (Å²) in [4.78, 5) is 31.8. The van der Waals surface area contributed by atoms with Gasteiger partial charge in [-0.05, 0) is 70.7 Å². The van der Waals surface area contributed by atoms with E-state index in [0.29, 0.717) is 18.7 Å². The number of hydrogen-bond donors (Lipinski definition) is 2. The second kappa shape index (κ2) is 11.0. The van der Waals surface area contributed by atoms with Crippen LogP contribution in [0.1, 0.15) is 56.8 Å². The topological polar surface area (TPSA) is 83.6 Å². The number of carbonyl (C=O) groups excluding carboxylic acids is 2. The maximum absolute atomic E-state index is 13.6. The minimum atomic E-state index is -4.54. The molecular weight excluding hydrogens is 563 g/mol. The van der Waals surface area contributed by atoms with E-state index in [2.05, 4.69) is 15.2 Å². The Hall–Kier alpha value is -2.79. The summed E-state index contributed by atoms with van der Waals surface area (Å²) < 4.78 is 57.7. The van der Waals surface area contributed by atoms with E-state index in [1.807, 2.05) is 5.32 Å². The molecule has 2 aliphatic heterocycles. The van der Waals surface area contributed by atoms with Crippen molar-refractivity contribution in [1.82, 2.24) is 15.6 Å². The maximum atomic E-state index is 13.6. The molecule has 1 unspecified atom stereocenters. The van der Waals surface area contributed by atoms with Crippen LogP contribution in [0.2, 0.25) is 10.0 Å². The average molecular weight is 591 g/mol. The Morgan fingerprint density at radius 3 is 2.28 bits per heavy atom. The SMILES string of the molecule is C[C@H](NC(=O)c1ccc(N2[C@@H]3CC[C@H]2CC(NC(=O)C(C)(C)Oc2ccc(F)c(Cl)c2Cl)C3)nc1)C(F)(F)F. The van der Waals surface area contributed by atoms with Crippen LogP contribution in [0, 0.1) is 5.82 Å². The summed E-state index contributed by atoms with van der Waals surface area (Å²) in [5.74, 6) is -1.19. The van der Waals surface area contributed by atoms with Gasteiger partial charge in [0.25, 0.3) is 11.8 Å². The molecule has 39 heavy (non-hydrogen) atoms. The monoisotopic (exact) mass is 590 g/mol. The average Bonchev–Trinajstić information content (AvgIpc) is 3.13. The third kappa shape index (κ3) is 6.35. The zero-order valence-electron chi connectivity index (χ0n) is 21.4. The van der Waals surface area contributed by atoms with Gasteiger partial charge in [0, 0.05) is 24.3 Å². The van der Waals surface area contributed by atoms with Crippen LogP contribution < -0.4 is 20.3 Å². The van der Waals surface area contributed by atoms with Crippen molar-refractivity contribution >= 4 is 40.8 Å². The summed E-state index contributed by atoms with van der Waals surface area (Å²) in [5, 5.41) is 4.57. The molecule has 0 radical (unpaired) electrons. The number of nitrogens with zero attached hydrogens (tertiary/aromatic N) is 2. The number of hydrogen-bond acceptors (Lipinski definition) is 5. The maximum Gasteiger partial charge on any atom is 0.408 e. The number of benzene rings is 1. The number of anilines is 1. The highest BCUT2D eigenvalue weighted by molar-refractivity contribution is 6.43. The molecule has 212 valence electrons. The number of alkyl halides is 3. The Morgan fingerprint density at radius 1 is 1.08 bits per heavy atom. The molecule has 13 heteroatoms. The number of halogens is 6. The number of carbonyl (C=O) groups is 2. The van der Waals surface area contributed by atoms with Gasteiger partial charge in [-0.2, -0.15) is 13.2 Å². The zero-order chi connectivity index (χ0) is 28.7. The van der Waals surface area contributed by atoms with Crippen LogP contribution in [0.3, 0.4) is 0 Å². The highest BCUT2D eigenvalue weighted by Gasteiger charge is 2.43. The minimum Gasteiger partial charge on any atom is -0.476 e. The molecule has 7 nitrogen and oxygen atoms in total. The van der Waals surface area contributed by atoms with Crippen LogP contribution in [0.25, 0.3) is 0 Å². The normalized spacial score (nSPS) is 21.9. The quantitative estimate of drug-likeness (QED) is 0.320. The van der Waals surface area contributed by atoms with E-state index in [0.717, 1.165) is 25.8 Å². The lowest BCUT2D eigenvalue weighted by molar-refractivity contribution is -0.149. The molecule has 2 aliphatic rings. The van der Waals surface area contributed by atoms with Crippen LogP contribution in [-0.4, -0.2) is 52.7 Å². The van der Waals surface area contributed by atoms with Gasteiger partial charge in [0.2, 0.25) is 0 Å². The fourth-order valence-electron chi connectivity index (χ4n) is 4.97. The van der Waals surface area contributed by atoms with E-state index >= 15 is 0 Å². The van der Waals surface area contributed by atoms with E-state index in [9.17, 15) is 27.2 Å². The molecule has 2 saturated heterocycles. The third-order valence-electron chi connectivity index (χ3n) is 7.09.